The summed E-state index contributed by atoms with van der Waals surface area (Å²) in [6.07, 6.45) is 7.17. The molecule has 1 aromatic rings. The molecule has 0 aromatic carbocycles. The summed E-state index contributed by atoms with van der Waals surface area (Å²) in [7, 11) is 0. The van der Waals surface area contributed by atoms with E-state index >= 15 is 0 Å². The van der Waals surface area contributed by atoms with Crippen LogP contribution in [0.15, 0.2) is 6.20 Å². The molecule has 0 bridgehead atoms. The molecule has 0 amide bonds. The Morgan fingerprint density at radius 1 is 1.47 bits per heavy atom. The Morgan fingerprint density at radius 3 is 3.06 bits per heavy atom. The highest BCUT2D eigenvalue weighted by atomic mass is 32.2. The molecule has 2 rings (SSSR count). The Morgan fingerprint density at radius 2 is 2.35 bits per heavy atom. The predicted molar refractivity (Wildman–Crippen MR) is 77.9 cm³/mol. The van der Waals surface area contributed by atoms with Gasteiger partial charge in [-0.25, -0.2) is 4.98 Å². The standard InChI is InChI=1S/C13H22N2S2/c1-3-13-15-9-12(17-13)8-14-10-5-6-11(7-10)16-4-2/h9-11,14H,3-8H2,1-2H3. The van der Waals surface area contributed by atoms with Gasteiger partial charge in [0.2, 0.25) is 0 Å². The molecule has 0 aliphatic heterocycles. The van der Waals surface area contributed by atoms with Crippen LogP contribution in [0.2, 0.25) is 0 Å². The molecular formula is C13H22N2S2. The molecule has 1 aliphatic carbocycles. The van der Waals surface area contributed by atoms with Crippen LogP contribution in [-0.2, 0) is 13.0 Å². The van der Waals surface area contributed by atoms with Crippen LogP contribution in [0.5, 0.6) is 0 Å². The molecule has 2 atom stereocenters. The SMILES string of the molecule is CCSC1CCC(NCc2cnc(CC)s2)C1. The number of nitrogens with zero attached hydrogens (tertiary/aromatic N) is 1. The molecule has 1 saturated carbocycles. The summed E-state index contributed by atoms with van der Waals surface area (Å²) in [6.45, 7) is 5.43. The lowest BCUT2D eigenvalue weighted by Crippen LogP contribution is -2.25. The molecule has 0 spiro atoms. The van der Waals surface area contributed by atoms with Gasteiger partial charge in [0.15, 0.2) is 0 Å². The van der Waals surface area contributed by atoms with Crippen LogP contribution in [0.1, 0.15) is 43.0 Å². The molecule has 1 heterocycles. The number of rotatable bonds is 6. The first-order valence-electron chi connectivity index (χ1n) is 6.60. The Kier molecular flexibility index (Phi) is 5.32. The van der Waals surface area contributed by atoms with Crippen molar-refractivity contribution in [2.75, 3.05) is 5.75 Å². The largest absolute Gasteiger partial charge is 0.309 e. The van der Waals surface area contributed by atoms with Crippen LogP contribution in [0, 0.1) is 0 Å². The van der Waals surface area contributed by atoms with E-state index in [4.69, 9.17) is 0 Å². The van der Waals surface area contributed by atoms with E-state index in [-0.39, 0.29) is 0 Å². The van der Waals surface area contributed by atoms with E-state index in [0.717, 1.165) is 24.3 Å². The predicted octanol–water partition coefficient (Wildman–Crippen LogP) is 3.47. The smallest absolute Gasteiger partial charge is 0.0925 e. The minimum Gasteiger partial charge on any atom is -0.309 e. The second-order valence-electron chi connectivity index (χ2n) is 4.54. The molecule has 2 unspecified atom stereocenters. The van der Waals surface area contributed by atoms with Crippen molar-refractivity contribution < 1.29 is 0 Å². The fraction of sp³-hybridized carbons (Fsp3) is 0.769. The van der Waals surface area contributed by atoms with E-state index in [1.165, 1.54) is 34.9 Å². The molecular weight excluding hydrogens is 248 g/mol. The summed E-state index contributed by atoms with van der Waals surface area (Å²) in [4.78, 5) is 5.78. The number of aryl methyl sites for hydroxylation is 1. The van der Waals surface area contributed by atoms with Crippen LogP contribution >= 0.6 is 23.1 Å². The van der Waals surface area contributed by atoms with Crippen molar-refractivity contribution in [1.29, 1.82) is 0 Å². The molecule has 1 aromatic heterocycles. The first kappa shape index (κ1) is 13.4. The minimum absolute atomic E-state index is 0.728. The van der Waals surface area contributed by atoms with Gasteiger partial charge in [-0.1, -0.05) is 13.8 Å². The third-order valence-corrected chi connectivity index (χ3v) is 5.63. The van der Waals surface area contributed by atoms with Gasteiger partial charge in [0, 0.05) is 28.9 Å². The van der Waals surface area contributed by atoms with Crippen molar-refractivity contribution in [2.24, 2.45) is 0 Å². The molecule has 0 saturated heterocycles. The summed E-state index contributed by atoms with van der Waals surface area (Å²) >= 11 is 3.97. The number of hydrogen-bond donors (Lipinski definition) is 1. The van der Waals surface area contributed by atoms with E-state index in [0.29, 0.717) is 0 Å². The van der Waals surface area contributed by atoms with Gasteiger partial charge in [0.25, 0.3) is 0 Å². The molecule has 4 heteroatoms. The van der Waals surface area contributed by atoms with E-state index in [2.05, 4.69) is 35.9 Å². The topological polar surface area (TPSA) is 24.9 Å². The van der Waals surface area contributed by atoms with Gasteiger partial charge >= 0.3 is 0 Å². The van der Waals surface area contributed by atoms with Crippen molar-refractivity contribution >= 4 is 23.1 Å². The molecule has 96 valence electrons. The van der Waals surface area contributed by atoms with Gasteiger partial charge in [-0.05, 0) is 31.4 Å². The van der Waals surface area contributed by atoms with Gasteiger partial charge in [-0.3, -0.25) is 0 Å². The normalized spacial score (nSPS) is 24.4. The van der Waals surface area contributed by atoms with E-state index in [9.17, 15) is 0 Å². The number of thiazole rings is 1. The molecule has 17 heavy (non-hydrogen) atoms. The van der Waals surface area contributed by atoms with Crippen LogP contribution in [0.3, 0.4) is 0 Å². The average Bonchev–Trinajstić information content (AvgIpc) is 2.95. The van der Waals surface area contributed by atoms with Gasteiger partial charge in [-0.2, -0.15) is 11.8 Å². The van der Waals surface area contributed by atoms with Crippen LogP contribution in [-0.4, -0.2) is 22.0 Å². The number of thioether (sulfide) groups is 1. The molecule has 1 fully saturated rings. The fourth-order valence-electron chi connectivity index (χ4n) is 2.35. The zero-order valence-corrected chi connectivity index (χ0v) is 12.4. The first-order valence-corrected chi connectivity index (χ1v) is 8.46. The third-order valence-electron chi connectivity index (χ3n) is 3.26. The minimum atomic E-state index is 0.728. The average molecular weight is 270 g/mol. The Labute approximate surface area is 113 Å². The zero-order valence-electron chi connectivity index (χ0n) is 10.7. The second kappa shape index (κ2) is 6.76. The summed E-state index contributed by atoms with van der Waals surface area (Å²) in [5.41, 5.74) is 0. The zero-order chi connectivity index (χ0) is 12.1. The van der Waals surface area contributed by atoms with Crippen molar-refractivity contribution in [2.45, 2.75) is 57.4 Å². The van der Waals surface area contributed by atoms with Crippen molar-refractivity contribution in [3.05, 3.63) is 16.1 Å². The van der Waals surface area contributed by atoms with Gasteiger partial charge in [0.05, 0.1) is 5.01 Å². The van der Waals surface area contributed by atoms with Crippen molar-refractivity contribution in [3.8, 4) is 0 Å². The maximum Gasteiger partial charge on any atom is 0.0925 e. The van der Waals surface area contributed by atoms with E-state index in [1.807, 2.05) is 17.5 Å². The van der Waals surface area contributed by atoms with Gasteiger partial charge in [0.1, 0.15) is 0 Å². The lowest BCUT2D eigenvalue weighted by molar-refractivity contribution is 0.528. The molecule has 1 N–H and O–H groups in total. The van der Waals surface area contributed by atoms with Gasteiger partial charge in [-0.15, -0.1) is 11.3 Å². The highest BCUT2D eigenvalue weighted by molar-refractivity contribution is 7.99. The van der Waals surface area contributed by atoms with E-state index < -0.39 is 0 Å². The maximum absolute atomic E-state index is 4.40. The van der Waals surface area contributed by atoms with Gasteiger partial charge < -0.3 is 5.32 Å². The van der Waals surface area contributed by atoms with Crippen LogP contribution in [0.4, 0.5) is 0 Å². The monoisotopic (exact) mass is 270 g/mol. The van der Waals surface area contributed by atoms with Crippen LogP contribution in [0.25, 0.3) is 0 Å². The quantitative estimate of drug-likeness (QED) is 0.857. The summed E-state index contributed by atoms with van der Waals surface area (Å²) in [6, 6.07) is 0.728. The Bertz CT molecular complexity index is 338. The lowest BCUT2D eigenvalue weighted by atomic mass is 10.2. The lowest BCUT2D eigenvalue weighted by Gasteiger charge is -2.11. The highest BCUT2D eigenvalue weighted by Gasteiger charge is 2.23. The summed E-state index contributed by atoms with van der Waals surface area (Å²) < 4.78 is 0. The molecule has 0 radical (unpaired) electrons. The second-order valence-corrected chi connectivity index (χ2v) is 7.32. The fourth-order valence-corrected chi connectivity index (χ4v) is 4.31. The number of aromatic nitrogens is 1. The number of hydrogen-bond acceptors (Lipinski definition) is 4. The third kappa shape index (κ3) is 3.97. The highest BCUT2D eigenvalue weighted by Crippen LogP contribution is 2.29. The Balaban J connectivity index is 1.72. The molecule has 2 nitrogen and oxygen atoms in total. The summed E-state index contributed by atoms with van der Waals surface area (Å²) in [5, 5.41) is 5.83. The van der Waals surface area contributed by atoms with Crippen molar-refractivity contribution in [3.63, 3.8) is 0 Å². The van der Waals surface area contributed by atoms with Crippen LogP contribution < -0.4 is 5.32 Å². The number of nitrogens with one attached hydrogen (secondary N) is 1. The van der Waals surface area contributed by atoms with Crippen molar-refractivity contribution in [1.82, 2.24) is 10.3 Å². The summed E-state index contributed by atoms with van der Waals surface area (Å²) in [5.74, 6) is 1.26. The first-order chi connectivity index (χ1) is 8.31. The van der Waals surface area contributed by atoms with E-state index in [1.54, 1.807) is 0 Å². The Hall–Kier alpha value is -0.0600. The maximum atomic E-state index is 4.40. The molecule has 1 aliphatic rings.